The first kappa shape index (κ1) is 20.6. The first-order valence-electron chi connectivity index (χ1n) is 10.2. The highest BCUT2D eigenvalue weighted by molar-refractivity contribution is 6.11. The summed E-state index contributed by atoms with van der Waals surface area (Å²) in [7, 11) is 0. The van der Waals surface area contributed by atoms with E-state index in [0.29, 0.717) is 39.4 Å². The molecule has 0 saturated heterocycles. The normalized spacial score (nSPS) is 10.6. The summed E-state index contributed by atoms with van der Waals surface area (Å²) in [6, 6.07) is 19.3. The number of pyridine rings is 1. The molecular formula is C24H16N8O2. The highest BCUT2D eigenvalue weighted by Gasteiger charge is 2.17. The maximum Gasteiger partial charge on any atom is 0.276 e. The third-order valence-electron chi connectivity index (χ3n) is 5.02. The molecule has 0 aliphatic carbocycles. The van der Waals surface area contributed by atoms with Crippen molar-refractivity contribution in [3.8, 4) is 17.3 Å². The van der Waals surface area contributed by atoms with Crippen molar-refractivity contribution in [3.63, 3.8) is 0 Å². The number of imidazole rings is 2. The van der Waals surface area contributed by atoms with Gasteiger partial charge in [0.1, 0.15) is 11.2 Å². The first-order valence-corrected chi connectivity index (χ1v) is 10.2. The van der Waals surface area contributed by atoms with Crippen LogP contribution in [0, 0.1) is 11.3 Å². The second kappa shape index (κ2) is 8.68. The molecule has 10 heteroatoms. The highest BCUT2D eigenvalue weighted by atomic mass is 16.2. The molecule has 2 amide bonds. The fourth-order valence-corrected chi connectivity index (χ4v) is 3.47. The fourth-order valence-electron chi connectivity index (χ4n) is 3.47. The lowest BCUT2D eigenvalue weighted by Gasteiger charge is -2.06. The topological polar surface area (TPSA) is 152 Å². The van der Waals surface area contributed by atoms with Gasteiger partial charge in [0, 0.05) is 18.0 Å². The third kappa shape index (κ3) is 3.96. The van der Waals surface area contributed by atoms with Gasteiger partial charge in [0.2, 0.25) is 11.9 Å². The maximum atomic E-state index is 12.9. The van der Waals surface area contributed by atoms with Crippen LogP contribution in [0.3, 0.4) is 0 Å². The van der Waals surface area contributed by atoms with Crippen molar-refractivity contribution in [2.75, 3.05) is 10.6 Å². The lowest BCUT2D eigenvalue weighted by molar-refractivity contribution is 0.101. The largest absolute Gasteiger partial charge is 0.331 e. The second-order valence-electron chi connectivity index (χ2n) is 7.20. The molecule has 34 heavy (non-hydrogen) atoms. The molecule has 0 bridgehead atoms. The van der Waals surface area contributed by atoms with E-state index < -0.39 is 11.8 Å². The Morgan fingerprint density at radius 3 is 2.53 bits per heavy atom. The number of fused-ring (bicyclic) bond motifs is 1. The number of nitrogens with one attached hydrogen (secondary N) is 4. The number of hydrogen-bond donors (Lipinski definition) is 4. The Balaban J connectivity index is 1.40. The predicted molar refractivity (Wildman–Crippen MR) is 125 cm³/mol. The van der Waals surface area contributed by atoms with E-state index >= 15 is 0 Å². The lowest BCUT2D eigenvalue weighted by atomic mass is 10.0. The van der Waals surface area contributed by atoms with E-state index in [1.54, 1.807) is 66.9 Å². The van der Waals surface area contributed by atoms with Crippen LogP contribution in [-0.2, 0) is 0 Å². The highest BCUT2D eigenvalue weighted by Crippen LogP contribution is 2.23. The Bertz CT molecular complexity index is 1560. The van der Waals surface area contributed by atoms with Crippen molar-refractivity contribution in [3.05, 3.63) is 89.9 Å². The smallest absolute Gasteiger partial charge is 0.276 e. The molecule has 5 rings (SSSR count). The Morgan fingerprint density at radius 2 is 1.71 bits per heavy atom. The van der Waals surface area contributed by atoms with Crippen molar-refractivity contribution in [1.82, 2.24) is 24.9 Å². The van der Waals surface area contributed by atoms with Gasteiger partial charge in [-0.2, -0.15) is 5.26 Å². The number of H-pyrrole nitrogens is 2. The van der Waals surface area contributed by atoms with Crippen LogP contribution in [0.1, 0.15) is 26.4 Å². The van der Waals surface area contributed by atoms with E-state index in [1.165, 1.54) is 6.20 Å². The molecule has 10 nitrogen and oxygen atoms in total. The molecule has 3 heterocycles. The predicted octanol–water partition coefficient (Wildman–Crippen LogP) is 3.72. The number of aromatic amines is 2. The minimum atomic E-state index is -0.489. The summed E-state index contributed by atoms with van der Waals surface area (Å²) in [5.74, 6) is -0.398. The number of nitrogens with zero attached hydrogens (tertiary/aromatic N) is 4. The van der Waals surface area contributed by atoms with Gasteiger partial charge in [0.25, 0.3) is 11.8 Å². The van der Waals surface area contributed by atoms with Crippen LogP contribution in [0.2, 0.25) is 0 Å². The van der Waals surface area contributed by atoms with E-state index in [0.717, 1.165) is 0 Å². The van der Waals surface area contributed by atoms with Crippen LogP contribution >= 0.6 is 0 Å². The van der Waals surface area contributed by atoms with Crippen molar-refractivity contribution >= 4 is 34.7 Å². The van der Waals surface area contributed by atoms with Crippen LogP contribution in [0.5, 0.6) is 0 Å². The van der Waals surface area contributed by atoms with Crippen molar-refractivity contribution in [1.29, 1.82) is 5.26 Å². The van der Waals surface area contributed by atoms with Gasteiger partial charge in [-0.05, 0) is 30.3 Å². The van der Waals surface area contributed by atoms with Gasteiger partial charge in [-0.3, -0.25) is 20.2 Å². The van der Waals surface area contributed by atoms with Crippen molar-refractivity contribution in [2.24, 2.45) is 0 Å². The summed E-state index contributed by atoms with van der Waals surface area (Å²) >= 11 is 0. The zero-order valence-electron chi connectivity index (χ0n) is 17.5. The summed E-state index contributed by atoms with van der Waals surface area (Å²) in [6.07, 6.45) is 3.13. The van der Waals surface area contributed by atoms with Gasteiger partial charge in [-0.1, -0.05) is 30.3 Å². The summed E-state index contributed by atoms with van der Waals surface area (Å²) in [5.41, 5.74) is 3.05. The standard InChI is InChI=1S/C24H16N8O2/c25-13-14-5-1-2-6-15(14)17-8-4-10-19(28-17)22(34)32-24-29-18-9-3-7-16(20(18)30-24)21(33)31-23-26-11-12-27-23/h1-12H,(H2,26,27,31,33)(H2,29,30,32,34). The van der Waals surface area contributed by atoms with Gasteiger partial charge in [0.15, 0.2) is 0 Å². The van der Waals surface area contributed by atoms with E-state index in [2.05, 4.69) is 41.6 Å². The van der Waals surface area contributed by atoms with Crippen molar-refractivity contribution in [2.45, 2.75) is 0 Å². The average molecular weight is 448 g/mol. The quantitative estimate of drug-likeness (QED) is 0.321. The van der Waals surface area contributed by atoms with E-state index in [-0.39, 0.29) is 11.6 Å². The fraction of sp³-hybridized carbons (Fsp3) is 0. The second-order valence-corrected chi connectivity index (χ2v) is 7.20. The zero-order valence-corrected chi connectivity index (χ0v) is 17.5. The molecule has 4 N–H and O–H groups in total. The van der Waals surface area contributed by atoms with Gasteiger partial charge in [0.05, 0.1) is 28.4 Å². The van der Waals surface area contributed by atoms with E-state index in [4.69, 9.17) is 0 Å². The molecule has 5 aromatic rings. The number of aromatic nitrogens is 5. The monoisotopic (exact) mass is 448 g/mol. The molecule has 2 aromatic carbocycles. The number of carbonyl (C=O) groups is 2. The van der Waals surface area contributed by atoms with Crippen LogP contribution in [-0.4, -0.2) is 36.7 Å². The number of nitriles is 1. The molecule has 0 aliphatic heterocycles. The molecule has 0 fully saturated rings. The van der Waals surface area contributed by atoms with Crippen LogP contribution in [0.15, 0.2) is 73.1 Å². The summed E-state index contributed by atoms with van der Waals surface area (Å²) < 4.78 is 0. The van der Waals surface area contributed by atoms with Crippen LogP contribution in [0.25, 0.3) is 22.3 Å². The van der Waals surface area contributed by atoms with Gasteiger partial charge < -0.3 is 9.97 Å². The van der Waals surface area contributed by atoms with E-state index in [1.807, 2.05) is 0 Å². The average Bonchev–Trinajstić information content (AvgIpc) is 3.53. The summed E-state index contributed by atoms with van der Waals surface area (Å²) in [6.45, 7) is 0. The number of rotatable bonds is 5. The summed E-state index contributed by atoms with van der Waals surface area (Å²) in [5, 5.41) is 14.7. The third-order valence-corrected chi connectivity index (χ3v) is 5.02. The van der Waals surface area contributed by atoms with E-state index in [9.17, 15) is 14.9 Å². The molecule has 164 valence electrons. The molecule has 3 aromatic heterocycles. The summed E-state index contributed by atoms with van der Waals surface area (Å²) in [4.78, 5) is 44.1. The van der Waals surface area contributed by atoms with Gasteiger partial charge in [-0.15, -0.1) is 0 Å². The van der Waals surface area contributed by atoms with Crippen LogP contribution < -0.4 is 10.6 Å². The number of para-hydroxylation sites is 1. The van der Waals surface area contributed by atoms with Gasteiger partial charge in [-0.25, -0.2) is 15.0 Å². The van der Waals surface area contributed by atoms with Crippen molar-refractivity contribution < 1.29 is 9.59 Å². The first-order chi connectivity index (χ1) is 16.6. The number of benzene rings is 2. The number of amides is 2. The molecule has 0 aliphatic rings. The maximum absolute atomic E-state index is 12.9. The number of hydrogen-bond acceptors (Lipinski definition) is 6. The minimum absolute atomic E-state index is 0.154. The Morgan fingerprint density at radius 1 is 0.882 bits per heavy atom. The SMILES string of the molecule is N#Cc1ccccc1-c1cccc(C(=O)Nc2nc3c(C(=O)Nc4ncc[nH]4)cccc3[nH]2)n1. The molecule has 0 spiro atoms. The minimum Gasteiger partial charge on any atom is -0.331 e. The Labute approximate surface area is 192 Å². The lowest BCUT2D eigenvalue weighted by Crippen LogP contribution is -2.15. The molecule has 0 atom stereocenters. The number of carbonyl (C=O) groups excluding carboxylic acids is 2. The Kier molecular flexibility index (Phi) is 5.26. The molecule has 0 unspecified atom stereocenters. The molecule has 0 saturated carbocycles. The number of anilines is 2. The van der Waals surface area contributed by atoms with Crippen LogP contribution in [0.4, 0.5) is 11.9 Å². The van der Waals surface area contributed by atoms with Gasteiger partial charge >= 0.3 is 0 Å². The molecule has 0 radical (unpaired) electrons. The molecular weight excluding hydrogens is 432 g/mol. The Hall–Kier alpha value is -5.30. The zero-order chi connectivity index (χ0) is 23.5.